The molecule has 0 bridgehead atoms. The van der Waals surface area contributed by atoms with Crippen molar-refractivity contribution in [1.29, 1.82) is 0 Å². The van der Waals surface area contributed by atoms with Crippen LogP contribution in [0.25, 0.3) is 0 Å². The number of fused-ring (bicyclic) bond motifs is 4. The van der Waals surface area contributed by atoms with Crippen LogP contribution in [0, 0.1) is 39.9 Å². The molecule has 2 saturated carbocycles. The Labute approximate surface area is 94.1 Å². The maximum atomic E-state index is 2.48. The van der Waals surface area contributed by atoms with Crippen molar-refractivity contribution >= 4 is 0 Å². The standard InChI is InChI=1S/C15H24/c1-13(2)7-8-14(3,4)10-9(13)11-12(10)15(11,5)6/h7-12H,1-6H3. The molecule has 0 aromatic heterocycles. The van der Waals surface area contributed by atoms with Crippen LogP contribution in [0.4, 0.5) is 0 Å². The topological polar surface area (TPSA) is 0 Å². The van der Waals surface area contributed by atoms with E-state index >= 15 is 0 Å². The van der Waals surface area contributed by atoms with Crippen LogP contribution in [0.3, 0.4) is 0 Å². The van der Waals surface area contributed by atoms with Crippen molar-refractivity contribution in [2.45, 2.75) is 41.5 Å². The van der Waals surface area contributed by atoms with Crippen LogP contribution in [-0.4, -0.2) is 0 Å². The van der Waals surface area contributed by atoms with Crippen molar-refractivity contribution in [3.8, 4) is 0 Å². The first-order valence-electron chi connectivity index (χ1n) is 6.40. The fraction of sp³-hybridized carbons (Fsp3) is 0.867. The smallest absolute Gasteiger partial charge is 0.0140 e. The zero-order valence-electron chi connectivity index (χ0n) is 11.0. The van der Waals surface area contributed by atoms with Crippen molar-refractivity contribution in [3.05, 3.63) is 12.2 Å². The molecule has 0 amide bonds. The largest absolute Gasteiger partial charge is 0.0820 e. The first kappa shape index (κ1) is 9.93. The summed E-state index contributed by atoms with van der Waals surface area (Å²) in [4.78, 5) is 0. The summed E-state index contributed by atoms with van der Waals surface area (Å²) in [6, 6.07) is 0. The molecule has 0 heteroatoms. The molecule has 0 heterocycles. The molecule has 0 spiro atoms. The lowest BCUT2D eigenvalue weighted by atomic mass is 9.50. The molecule has 15 heavy (non-hydrogen) atoms. The minimum atomic E-state index is 0.440. The summed E-state index contributed by atoms with van der Waals surface area (Å²) in [6.45, 7) is 14.7. The van der Waals surface area contributed by atoms with Gasteiger partial charge in [0.1, 0.15) is 0 Å². The Bertz CT molecular complexity index is 311. The lowest BCUT2D eigenvalue weighted by Crippen LogP contribution is -2.49. The van der Waals surface area contributed by atoms with Gasteiger partial charge in [0.05, 0.1) is 0 Å². The second-order valence-electron chi connectivity index (χ2n) is 7.90. The van der Waals surface area contributed by atoms with Gasteiger partial charge in [0, 0.05) is 0 Å². The second kappa shape index (κ2) is 2.21. The zero-order chi connectivity index (χ0) is 11.2. The number of rotatable bonds is 0. The fourth-order valence-electron chi connectivity index (χ4n) is 4.89. The SMILES string of the molecule is CC1(C)C=CC(C)(C)C2C1C1C2C1(C)C. The molecule has 0 radical (unpaired) electrons. The van der Waals surface area contributed by atoms with Crippen molar-refractivity contribution in [1.82, 2.24) is 0 Å². The monoisotopic (exact) mass is 204 g/mol. The Kier molecular flexibility index (Phi) is 1.47. The molecule has 0 N–H and O–H groups in total. The number of hydrogen-bond acceptors (Lipinski definition) is 0. The Morgan fingerprint density at radius 2 is 0.933 bits per heavy atom. The Hall–Kier alpha value is -0.260. The summed E-state index contributed by atoms with van der Waals surface area (Å²) in [5.41, 5.74) is 1.51. The van der Waals surface area contributed by atoms with Gasteiger partial charge in [-0.2, -0.15) is 0 Å². The first-order chi connectivity index (χ1) is 6.70. The van der Waals surface area contributed by atoms with Crippen LogP contribution in [0.1, 0.15) is 41.5 Å². The van der Waals surface area contributed by atoms with Crippen molar-refractivity contribution in [3.63, 3.8) is 0 Å². The van der Waals surface area contributed by atoms with Gasteiger partial charge in [-0.05, 0) is 39.9 Å². The maximum Gasteiger partial charge on any atom is -0.0140 e. The Morgan fingerprint density at radius 3 is 1.27 bits per heavy atom. The zero-order valence-corrected chi connectivity index (χ0v) is 11.0. The average Bonchev–Trinajstić information content (AvgIpc) is 2.38. The van der Waals surface area contributed by atoms with Crippen LogP contribution >= 0.6 is 0 Å². The minimum Gasteiger partial charge on any atom is -0.0820 e. The summed E-state index contributed by atoms with van der Waals surface area (Å²) in [5.74, 6) is 3.92. The van der Waals surface area contributed by atoms with E-state index in [4.69, 9.17) is 0 Å². The molecule has 0 saturated heterocycles. The quantitative estimate of drug-likeness (QED) is 0.521. The third kappa shape index (κ3) is 0.946. The maximum absolute atomic E-state index is 2.48. The van der Waals surface area contributed by atoms with Gasteiger partial charge in [-0.3, -0.25) is 0 Å². The summed E-state index contributed by atoms with van der Waals surface area (Å²) in [6.07, 6.45) is 4.97. The van der Waals surface area contributed by atoms with E-state index in [0.717, 1.165) is 23.7 Å². The van der Waals surface area contributed by atoms with Crippen molar-refractivity contribution in [2.24, 2.45) is 39.9 Å². The van der Waals surface area contributed by atoms with Gasteiger partial charge in [0.25, 0.3) is 0 Å². The fourth-order valence-corrected chi connectivity index (χ4v) is 4.89. The lowest BCUT2D eigenvalue weighted by Gasteiger charge is -2.54. The predicted molar refractivity (Wildman–Crippen MR) is 64.4 cm³/mol. The summed E-state index contributed by atoms with van der Waals surface area (Å²) in [7, 11) is 0. The molecule has 0 aromatic carbocycles. The predicted octanol–water partition coefficient (Wildman–Crippen LogP) is 4.13. The third-order valence-corrected chi connectivity index (χ3v) is 5.82. The summed E-state index contributed by atoms with van der Waals surface area (Å²) >= 11 is 0. The van der Waals surface area contributed by atoms with E-state index in [1.54, 1.807) is 0 Å². The molecule has 3 aliphatic carbocycles. The Morgan fingerprint density at radius 1 is 0.600 bits per heavy atom. The second-order valence-corrected chi connectivity index (χ2v) is 7.90. The minimum absolute atomic E-state index is 0.440. The van der Waals surface area contributed by atoms with E-state index in [9.17, 15) is 0 Å². The highest BCUT2D eigenvalue weighted by Gasteiger charge is 2.78. The highest BCUT2D eigenvalue weighted by Crippen LogP contribution is 2.82. The molecule has 0 unspecified atom stereocenters. The van der Waals surface area contributed by atoms with E-state index in [1.807, 2.05) is 0 Å². The third-order valence-electron chi connectivity index (χ3n) is 5.82. The highest BCUT2D eigenvalue weighted by atomic mass is 14.8. The van der Waals surface area contributed by atoms with Crippen LogP contribution < -0.4 is 0 Å². The molecule has 0 nitrogen and oxygen atoms in total. The average molecular weight is 204 g/mol. The van der Waals surface area contributed by atoms with Crippen LogP contribution in [0.5, 0.6) is 0 Å². The molecule has 0 aliphatic heterocycles. The van der Waals surface area contributed by atoms with Crippen LogP contribution in [-0.2, 0) is 0 Å². The van der Waals surface area contributed by atoms with Gasteiger partial charge >= 0.3 is 0 Å². The van der Waals surface area contributed by atoms with Crippen molar-refractivity contribution < 1.29 is 0 Å². The summed E-state index contributed by atoms with van der Waals surface area (Å²) in [5, 5.41) is 0. The molecule has 3 rings (SSSR count). The van der Waals surface area contributed by atoms with Crippen LogP contribution in [0.2, 0.25) is 0 Å². The molecule has 3 aliphatic rings. The molecule has 2 fully saturated rings. The van der Waals surface area contributed by atoms with Crippen LogP contribution in [0.15, 0.2) is 12.2 Å². The van der Waals surface area contributed by atoms with Gasteiger partial charge in [-0.25, -0.2) is 0 Å². The van der Waals surface area contributed by atoms with E-state index in [1.165, 1.54) is 0 Å². The molecular weight excluding hydrogens is 180 g/mol. The number of allylic oxidation sites excluding steroid dienone is 2. The lowest BCUT2D eigenvalue weighted by molar-refractivity contribution is -0.0188. The Balaban J connectivity index is 2.03. The molecule has 0 aromatic rings. The van der Waals surface area contributed by atoms with Gasteiger partial charge in [-0.15, -0.1) is 0 Å². The summed E-state index contributed by atoms with van der Waals surface area (Å²) < 4.78 is 0. The molecular formula is C15H24. The molecule has 0 atom stereocenters. The van der Waals surface area contributed by atoms with E-state index < -0.39 is 0 Å². The van der Waals surface area contributed by atoms with Gasteiger partial charge < -0.3 is 0 Å². The van der Waals surface area contributed by atoms with Gasteiger partial charge in [0.2, 0.25) is 0 Å². The van der Waals surface area contributed by atoms with Crippen molar-refractivity contribution in [2.75, 3.05) is 0 Å². The normalized spacial score (nSPS) is 51.3. The van der Waals surface area contributed by atoms with E-state index in [2.05, 4.69) is 53.7 Å². The van der Waals surface area contributed by atoms with Gasteiger partial charge in [-0.1, -0.05) is 53.7 Å². The van der Waals surface area contributed by atoms with Gasteiger partial charge in [0.15, 0.2) is 0 Å². The molecule has 84 valence electrons. The van der Waals surface area contributed by atoms with E-state index in [0.29, 0.717) is 16.2 Å². The first-order valence-corrected chi connectivity index (χ1v) is 6.40. The number of hydrogen-bond donors (Lipinski definition) is 0. The van der Waals surface area contributed by atoms with E-state index in [-0.39, 0.29) is 0 Å². The highest BCUT2D eigenvalue weighted by molar-refractivity contribution is 5.31.